The molecule has 2 atom stereocenters. The van der Waals surface area contributed by atoms with Crippen molar-refractivity contribution in [3.63, 3.8) is 0 Å². The van der Waals surface area contributed by atoms with Crippen LogP contribution in [0.1, 0.15) is 104 Å². The van der Waals surface area contributed by atoms with E-state index in [1.165, 1.54) is 44.2 Å². The van der Waals surface area contributed by atoms with Gasteiger partial charge in [-0.3, -0.25) is 9.80 Å². The van der Waals surface area contributed by atoms with Crippen molar-refractivity contribution < 1.29 is 18.4 Å². The lowest BCUT2D eigenvalue weighted by Crippen LogP contribution is -2.59. The molecule has 4 aromatic heterocycles. The van der Waals surface area contributed by atoms with Gasteiger partial charge in [0.25, 0.3) is 11.8 Å². The van der Waals surface area contributed by atoms with Gasteiger partial charge in [0.05, 0.1) is 22.8 Å². The molecular weight excluding hydrogens is 775 g/mol. The summed E-state index contributed by atoms with van der Waals surface area (Å²) in [5, 5.41) is 15.3. The van der Waals surface area contributed by atoms with Crippen LogP contribution >= 0.6 is 0 Å². The molecule has 17 nitrogen and oxygen atoms in total. The first-order chi connectivity index (χ1) is 29.3. The van der Waals surface area contributed by atoms with Gasteiger partial charge in [0.2, 0.25) is 0 Å². The highest BCUT2D eigenvalue weighted by molar-refractivity contribution is 5.68. The first kappa shape index (κ1) is 44.0. The molecule has 4 N–H and O–H groups in total. The molecular formula is C44H67N13O4. The Morgan fingerprint density at radius 1 is 0.672 bits per heavy atom. The number of aryl methyl sites for hydroxylation is 2. The molecule has 4 aliphatic rings. The normalized spacial score (nSPS) is 21.3. The lowest BCUT2D eigenvalue weighted by Gasteiger charge is -2.48. The Morgan fingerprint density at radius 3 is 1.52 bits per heavy atom. The van der Waals surface area contributed by atoms with Crippen LogP contribution in [0.25, 0.3) is 23.2 Å². The third-order valence-corrected chi connectivity index (χ3v) is 12.7. The number of nitrogens with two attached hydrogens (primary N) is 2. The number of hydrogen-bond acceptors (Lipinski definition) is 16. The molecule has 0 spiro atoms. The molecule has 0 bridgehead atoms. The lowest BCUT2D eigenvalue weighted by molar-refractivity contribution is 0.00946. The summed E-state index contributed by atoms with van der Waals surface area (Å²) in [6, 6.07) is 10.5. The van der Waals surface area contributed by atoms with Crippen LogP contribution in [0.15, 0.2) is 33.1 Å². The summed E-state index contributed by atoms with van der Waals surface area (Å²) in [6.07, 6.45) is 11.0. The highest BCUT2D eigenvalue weighted by Gasteiger charge is 2.36. The van der Waals surface area contributed by atoms with Crippen LogP contribution in [0.5, 0.6) is 0 Å². The zero-order valence-corrected chi connectivity index (χ0v) is 37.3. The van der Waals surface area contributed by atoms with Crippen LogP contribution in [0.4, 0.5) is 28.2 Å². The summed E-state index contributed by atoms with van der Waals surface area (Å²) in [6.45, 7) is 22.0. The standard InChI is InChI=1S/C24H37N7O3.C20H30N6O/c1-6-17-15-30(20-8-7-19(26-16(20)2)21-27-28-22(25)33-21)13-14-31(17)18-9-11-29(12-10-18)23(32)34-24(3,4)5;1-3-15-13-25(11-12-26(15)16-7-5-4-6-8-16)18-10-9-17(22-14(18)2)19-23-24-20(21)27-19/h7-8,17-18H,6,9-15H2,1-5H3,(H2,25,28);9-10,15-16H,3-8,11-13H2,1-2H3,(H2,21,24)/t17-;15-/m00/s1. The van der Waals surface area contributed by atoms with E-state index in [1.807, 2.05) is 51.7 Å². The molecule has 332 valence electrons. The minimum Gasteiger partial charge on any atom is -0.444 e. The lowest BCUT2D eigenvalue weighted by atomic mass is 9.92. The Hall–Kier alpha value is -5.03. The summed E-state index contributed by atoms with van der Waals surface area (Å²) >= 11 is 0. The van der Waals surface area contributed by atoms with Crippen molar-refractivity contribution in [2.45, 2.75) is 136 Å². The molecule has 8 rings (SSSR count). The third kappa shape index (κ3) is 10.7. The molecule has 1 amide bonds. The quantitative estimate of drug-likeness (QED) is 0.193. The number of ether oxygens (including phenoxy) is 1. The van der Waals surface area contributed by atoms with Crippen LogP contribution in [0.2, 0.25) is 0 Å². The van der Waals surface area contributed by atoms with Crippen LogP contribution in [0, 0.1) is 13.8 Å². The molecule has 4 fully saturated rings. The number of nitrogens with zero attached hydrogens (tertiary/aromatic N) is 11. The van der Waals surface area contributed by atoms with Crippen molar-refractivity contribution in [2.24, 2.45) is 0 Å². The highest BCUT2D eigenvalue weighted by atomic mass is 16.6. The van der Waals surface area contributed by atoms with Gasteiger partial charge in [-0.25, -0.2) is 14.8 Å². The number of carbonyl (C=O) groups excluding carboxylic acids is 1. The van der Waals surface area contributed by atoms with Gasteiger partial charge in [-0.2, -0.15) is 0 Å². The number of carbonyl (C=O) groups is 1. The van der Waals surface area contributed by atoms with E-state index in [0.29, 0.717) is 41.3 Å². The van der Waals surface area contributed by atoms with Crippen molar-refractivity contribution >= 4 is 29.5 Å². The van der Waals surface area contributed by atoms with Gasteiger partial charge in [0.1, 0.15) is 17.0 Å². The number of amides is 1. The van der Waals surface area contributed by atoms with Gasteiger partial charge < -0.3 is 39.7 Å². The number of rotatable bonds is 8. The summed E-state index contributed by atoms with van der Waals surface area (Å²) in [5.74, 6) is 0.705. The summed E-state index contributed by atoms with van der Waals surface area (Å²) in [7, 11) is 0. The zero-order chi connectivity index (χ0) is 43.3. The maximum Gasteiger partial charge on any atom is 0.410 e. The maximum absolute atomic E-state index is 12.4. The number of piperidine rings is 1. The number of piperazine rings is 2. The Bertz CT molecular complexity index is 2050. The molecule has 0 radical (unpaired) electrons. The molecule has 61 heavy (non-hydrogen) atoms. The van der Waals surface area contributed by atoms with E-state index >= 15 is 0 Å². The van der Waals surface area contributed by atoms with Crippen molar-refractivity contribution in [1.82, 2.24) is 45.1 Å². The number of anilines is 4. The fourth-order valence-electron chi connectivity index (χ4n) is 9.67. The molecule has 1 aliphatic carbocycles. The van der Waals surface area contributed by atoms with Crippen molar-refractivity contribution in [3.8, 4) is 23.2 Å². The second-order valence-corrected chi connectivity index (χ2v) is 18.0. The average molecular weight is 842 g/mol. The van der Waals surface area contributed by atoms with E-state index in [0.717, 1.165) is 94.7 Å². The Balaban J connectivity index is 0.000000189. The topological polar surface area (TPSA) is 198 Å². The van der Waals surface area contributed by atoms with Crippen LogP contribution < -0.4 is 21.3 Å². The second kappa shape index (κ2) is 19.3. The zero-order valence-electron chi connectivity index (χ0n) is 37.3. The number of pyridine rings is 2. The average Bonchev–Trinajstić information content (AvgIpc) is 3.91. The van der Waals surface area contributed by atoms with Crippen molar-refractivity contribution in [1.29, 1.82) is 0 Å². The molecule has 3 saturated heterocycles. The number of aromatic nitrogens is 6. The Kier molecular flexibility index (Phi) is 14.0. The van der Waals surface area contributed by atoms with Crippen molar-refractivity contribution in [2.75, 3.05) is 73.6 Å². The molecule has 1 saturated carbocycles. The number of likely N-dealkylation sites (tertiary alicyclic amines) is 1. The van der Waals surface area contributed by atoms with Gasteiger partial charge in [0.15, 0.2) is 0 Å². The SMILES string of the molecule is CC[C@H]1CN(c2ccc(-c3nnc(N)o3)nc2C)CCN1C1CCCCC1.CC[C@H]1CN(c2ccc(-c3nnc(N)o3)nc2C)CCN1C1CCN(C(=O)OC(C)(C)C)CC1. The van der Waals surface area contributed by atoms with Crippen LogP contribution in [-0.4, -0.2) is 133 Å². The predicted molar refractivity (Wildman–Crippen MR) is 237 cm³/mol. The van der Waals surface area contributed by atoms with Gasteiger partial charge in [-0.15, -0.1) is 10.2 Å². The summed E-state index contributed by atoms with van der Waals surface area (Å²) in [4.78, 5) is 34.0. The van der Waals surface area contributed by atoms with Gasteiger partial charge >= 0.3 is 18.1 Å². The molecule has 3 aliphatic heterocycles. The van der Waals surface area contributed by atoms with E-state index in [-0.39, 0.29) is 18.1 Å². The van der Waals surface area contributed by atoms with Crippen LogP contribution in [-0.2, 0) is 4.74 Å². The minimum absolute atomic E-state index is 0.0392. The molecule has 7 heterocycles. The number of nitrogen functional groups attached to an aromatic ring is 2. The molecule has 17 heteroatoms. The fraction of sp³-hybridized carbons (Fsp3) is 0.659. The maximum atomic E-state index is 12.4. The first-order valence-corrected chi connectivity index (χ1v) is 22.4. The van der Waals surface area contributed by atoms with E-state index < -0.39 is 5.60 Å². The van der Waals surface area contributed by atoms with Gasteiger partial charge in [-0.1, -0.05) is 43.3 Å². The fourth-order valence-corrected chi connectivity index (χ4v) is 9.67. The van der Waals surface area contributed by atoms with E-state index in [2.05, 4.69) is 75.9 Å². The minimum atomic E-state index is -0.457. The van der Waals surface area contributed by atoms with Crippen LogP contribution in [0.3, 0.4) is 0 Å². The highest BCUT2D eigenvalue weighted by Crippen LogP contribution is 2.32. The smallest absolute Gasteiger partial charge is 0.410 e. The van der Waals surface area contributed by atoms with Gasteiger partial charge in [0, 0.05) is 76.5 Å². The Labute approximate surface area is 360 Å². The largest absolute Gasteiger partial charge is 0.444 e. The summed E-state index contributed by atoms with van der Waals surface area (Å²) in [5.41, 5.74) is 16.2. The monoisotopic (exact) mass is 842 g/mol. The third-order valence-electron chi connectivity index (χ3n) is 12.7. The molecule has 0 unspecified atom stereocenters. The number of hydrogen-bond donors (Lipinski definition) is 2. The van der Waals surface area contributed by atoms with E-state index in [1.54, 1.807) is 0 Å². The van der Waals surface area contributed by atoms with Gasteiger partial charge in [-0.05, 0) is 97.4 Å². The van der Waals surface area contributed by atoms with Crippen molar-refractivity contribution in [3.05, 3.63) is 35.7 Å². The molecule has 0 aromatic carbocycles. The Morgan fingerprint density at radius 2 is 1.13 bits per heavy atom. The van der Waals surface area contributed by atoms with E-state index in [4.69, 9.17) is 25.0 Å². The predicted octanol–water partition coefficient (Wildman–Crippen LogP) is 6.58. The first-order valence-electron chi connectivity index (χ1n) is 22.4. The summed E-state index contributed by atoms with van der Waals surface area (Å²) < 4.78 is 16.2. The van der Waals surface area contributed by atoms with E-state index in [9.17, 15) is 4.79 Å². The molecule has 4 aromatic rings. The second-order valence-electron chi connectivity index (χ2n) is 18.0.